The molecule has 0 amide bonds. The average molecular weight is 254 g/mol. The minimum absolute atomic E-state index is 0.809. The number of hydrogen-bond acceptors (Lipinski definition) is 3. The maximum atomic E-state index is 3.51. The molecule has 17 heavy (non-hydrogen) atoms. The number of nitrogens with zero attached hydrogens (tertiary/aromatic N) is 1. The van der Waals surface area contributed by atoms with Crippen LogP contribution in [0.3, 0.4) is 0 Å². The van der Waals surface area contributed by atoms with Gasteiger partial charge in [-0.3, -0.25) is 0 Å². The van der Waals surface area contributed by atoms with Gasteiger partial charge in [-0.15, -0.1) is 0 Å². The van der Waals surface area contributed by atoms with Crippen molar-refractivity contribution in [3.8, 4) is 0 Å². The molecular formula is C14H26N2S. The van der Waals surface area contributed by atoms with Gasteiger partial charge in [-0.1, -0.05) is 13.8 Å². The summed E-state index contributed by atoms with van der Waals surface area (Å²) in [5, 5.41) is 7.89. The average Bonchev–Trinajstić information content (AvgIpc) is 2.79. The van der Waals surface area contributed by atoms with Crippen LogP contribution in [0.1, 0.15) is 25.8 Å². The second-order valence-corrected chi connectivity index (χ2v) is 5.90. The molecule has 3 heteroatoms. The molecule has 0 unspecified atom stereocenters. The first kappa shape index (κ1) is 14.7. The fourth-order valence-electron chi connectivity index (χ4n) is 1.65. The lowest BCUT2D eigenvalue weighted by molar-refractivity contribution is 0.309. The molecule has 0 bridgehead atoms. The van der Waals surface area contributed by atoms with Crippen molar-refractivity contribution in [2.24, 2.45) is 5.92 Å². The minimum atomic E-state index is 0.809. The summed E-state index contributed by atoms with van der Waals surface area (Å²) in [6, 6.07) is 2.21. The number of likely N-dealkylation sites (N-methyl/N-ethyl adjacent to an activating group) is 1. The summed E-state index contributed by atoms with van der Waals surface area (Å²) in [5.41, 5.74) is 1.45. The van der Waals surface area contributed by atoms with E-state index in [4.69, 9.17) is 0 Å². The van der Waals surface area contributed by atoms with Crippen LogP contribution in [0.15, 0.2) is 16.8 Å². The van der Waals surface area contributed by atoms with E-state index in [2.05, 4.69) is 47.9 Å². The number of rotatable bonds is 9. The molecule has 2 nitrogen and oxygen atoms in total. The first-order valence-electron chi connectivity index (χ1n) is 6.59. The van der Waals surface area contributed by atoms with Crippen molar-refractivity contribution in [2.75, 3.05) is 33.2 Å². The Hall–Kier alpha value is -0.380. The van der Waals surface area contributed by atoms with Gasteiger partial charge in [0, 0.05) is 13.1 Å². The molecule has 1 N–H and O–H groups in total. The molecule has 1 aromatic heterocycles. The quantitative estimate of drug-likeness (QED) is 0.682. The Morgan fingerprint density at radius 3 is 2.76 bits per heavy atom. The Kier molecular flexibility index (Phi) is 7.49. The molecule has 0 aromatic carbocycles. The molecule has 0 aliphatic heterocycles. The molecular weight excluding hydrogens is 228 g/mol. The largest absolute Gasteiger partial charge is 0.315 e. The summed E-state index contributed by atoms with van der Waals surface area (Å²) < 4.78 is 0. The van der Waals surface area contributed by atoms with E-state index in [1.165, 1.54) is 18.5 Å². The predicted octanol–water partition coefficient (Wildman–Crippen LogP) is 2.86. The van der Waals surface area contributed by atoms with E-state index >= 15 is 0 Å². The lowest BCUT2D eigenvalue weighted by atomic mass is 10.1. The highest BCUT2D eigenvalue weighted by Gasteiger charge is 2.00. The van der Waals surface area contributed by atoms with Gasteiger partial charge >= 0.3 is 0 Å². The zero-order chi connectivity index (χ0) is 12.5. The van der Waals surface area contributed by atoms with E-state index in [-0.39, 0.29) is 0 Å². The van der Waals surface area contributed by atoms with Crippen LogP contribution in [0.4, 0.5) is 0 Å². The van der Waals surface area contributed by atoms with Crippen molar-refractivity contribution in [1.82, 2.24) is 10.2 Å². The Labute approximate surface area is 110 Å². The normalized spacial score (nSPS) is 11.6. The van der Waals surface area contributed by atoms with Gasteiger partial charge in [0.1, 0.15) is 0 Å². The summed E-state index contributed by atoms with van der Waals surface area (Å²) in [4.78, 5) is 2.41. The van der Waals surface area contributed by atoms with Gasteiger partial charge in [-0.05, 0) is 61.3 Å². The molecule has 0 aliphatic carbocycles. The van der Waals surface area contributed by atoms with E-state index in [0.717, 1.165) is 32.0 Å². The van der Waals surface area contributed by atoms with Crippen LogP contribution in [0.5, 0.6) is 0 Å². The van der Waals surface area contributed by atoms with Gasteiger partial charge in [-0.2, -0.15) is 11.3 Å². The lowest BCUT2D eigenvalue weighted by Gasteiger charge is -2.17. The number of hydrogen-bond donors (Lipinski definition) is 1. The van der Waals surface area contributed by atoms with Gasteiger partial charge in [0.05, 0.1) is 0 Å². The van der Waals surface area contributed by atoms with Crippen molar-refractivity contribution in [3.63, 3.8) is 0 Å². The summed E-state index contributed by atoms with van der Waals surface area (Å²) in [6.45, 7) is 9.12. The first-order valence-corrected chi connectivity index (χ1v) is 7.53. The first-order chi connectivity index (χ1) is 8.18. The van der Waals surface area contributed by atoms with Crippen molar-refractivity contribution in [2.45, 2.75) is 26.7 Å². The zero-order valence-electron chi connectivity index (χ0n) is 11.4. The molecule has 0 aliphatic rings. The fraction of sp³-hybridized carbons (Fsp3) is 0.714. The van der Waals surface area contributed by atoms with Crippen molar-refractivity contribution in [3.05, 3.63) is 22.4 Å². The van der Waals surface area contributed by atoms with Crippen LogP contribution in [-0.2, 0) is 6.42 Å². The van der Waals surface area contributed by atoms with Crippen molar-refractivity contribution < 1.29 is 0 Å². The van der Waals surface area contributed by atoms with Gasteiger partial charge < -0.3 is 10.2 Å². The highest BCUT2D eigenvalue weighted by molar-refractivity contribution is 7.07. The van der Waals surface area contributed by atoms with Gasteiger partial charge in [-0.25, -0.2) is 0 Å². The molecule has 98 valence electrons. The van der Waals surface area contributed by atoms with Crippen LogP contribution in [-0.4, -0.2) is 38.1 Å². The number of nitrogens with one attached hydrogen (secondary N) is 1. The van der Waals surface area contributed by atoms with E-state index in [1.807, 2.05) is 0 Å². The zero-order valence-corrected chi connectivity index (χ0v) is 12.2. The van der Waals surface area contributed by atoms with Crippen molar-refractivity contribution >= 4 is 11.3 Å². The van der Waals surface area contributed by atoms with E-state index in [1.54, 1.807) is 11.3 Å². The molecule has 1 rings (SSSR count). The predicted molar refractivity (Wildman–Crippen MR) is 77.8 cm³/mol. The minimum Gasteiger partial charge on any atom is -0.315 e. The molecule has 0 saturated carbocycles. The second-order valence-electron chi connectivity index (χ2n) is 5.12. The van der Waals surface area contributed by atoms with Gasteiger partial charge in [0.15, 0.2) is 0 Å². The summed E-state index contributed by atoms with van der Waals surface area (Å²) in [5.74, 6) is 0.809. The summed E-state index contributed by atoms with van der Waals surface area (Å²) in [7, 11) is 2.21. The Morgan fingerprint density at radius 1 is 1.29 bits per heavy atom. The Bertz CT molecular complexity index is 270. The van der Waals surface area contributed by atoms with Crippen LogP contribution in [0.25, 0.3) is 0 Å². The van der Waals surface area contributed by atoms with Crippen LogP contribution in [0, 0.1) is 5.92 Å². The molecule has 0 radical (unpaired) electrons. The summed E-state index contributed by atoms with van der Waals surface area (Å²) >= 11 is 1.78. The Balaban J connectivity index is 1.93. The van der Waals surface area contributed by atoms with Crippen LogP contribution in [0.2, 0.25) is 0 Å². The highest BCUT2D eigenvalue weighted by atomic mass is 32.1. The van der Waals surface area contributed by atoms with Gasteiger partial charge in [0.25, 0.3) is 0 Å². The topological polar surface area (TPSA) is 15.3 Å². The fourth-order valence-corrected chi connectivity index (χ4v) is 2.36. The molecule has 1 heterocycles. The molecule has 0 atom stereocenters. The lowest BCUT2D eigenvalue weighted by Crippen LogP contribution is -2.31. The highest BCUT2D eigenvalue weighted by Crippen LogP contribution is 2.05. The molecule has 0 saturated heterocycles. The van der Waals surface area contributed by atoms with Gasteiger partial charge in [0.2, 0.25) is 0 Å². The summed E-state index contributed by atoms with van der Waals surface area (Å²) in [6.07, 6.45) is 2.45. The van der Waals surface area contributed by atoms with E-state index in [9.17, 15) is 0 Å². The molecule has 0 fully saturated rings. The number of thiophene rings is 1. The standard InChI is InChI=1S/C14H26N2S/c1-13(2)5-9-16(3)10-8-15-7-4-14-6-11-17-12-14/h6,11-13,15H,4-5,7-10H2,1-3H3. The maximum absolute atomic E-state index is 3.51. The van der Waals surface area contributed by atoms with Crippen LogP contribution >= 0.6 is 11.3 Å². The third-order valence-corrected chi connectivity index (χ3v) is 3.66. The third-order valence-electron chi connectivity index (χ3n) is 2.93. The molecule has 1 aromatic rings. The van der Waals surface area contributed by atoms with E-state index < -0.39 is 0 Å². The Morgan fingerprint density at radius 2 is 2.12 bits per heavy atom. The van der Waals surface area contributed by atoms with Crippen LogP contribution < -0.4 is 5.32 Å². The maximum Gasteiger partial charge on any atom is 0.0104 e. The third kappa shape index (κ3) is 7.53. The molecule has 0 spiro atoms. The second kappa shape index (κ2) is 8.67. The SMILES string of the molecule is CC(C)CCN(C)CCNCCc1ccsc1. The smallest absolute Gasteiger partial charge is 0.0104 e. The van der Waals surface area contributed by atoms with E-state index in [0.29, 0.717) is 0 Å². The van der Waals surface area contributed by atoms with Crippen molar-refractivity contribution in [1.29, 1.82) is 0 Å². The monoisotopic (exact) mass is 254 g/mol.